The molecule has 2 nitrogen and oxygen atoms in total. The Kier molecular flexibility index (Phi) is 3.78. The molecule has 0 radical (unpaired) electrons. The molecule has 0 spiro atoms. The Morgan fingerprint density at radius 2 is 2.31 bits per heavy atom. The van der Waals surface area contributed by atoms with E-state index in [1.54, 1.807) is 24.2 Å². The van der Waals surface area contributed by atoms with Crippen molar-refractivity contribution in [3.05, 3.63) is 23.5 Å². The number of pyridine rings is 1. The van der Waals surface area contributed by atoms with E-state index in [4.69, 9.17) is 5.26 Å². The fraction of sp³-hybridized carbons (Fsp3) is 0.400. The van der Waals surface area contributed by atoms with Crippen LogP contribution in [0.2, 0.25) is 0 Å². The minimum absolute atomic E-state index is 0.772. The Labute approximate surface area is 83.0 Å². The van der Waals surface area contributed by atoms with Crippen LogP contribution >= 0.6 is 11.8 Å². The van der Waals surface area contributed by atoms with Crippen molar-refractivity contribution in [3.8, 4) is 6.07 Å². The number of aryl methyl sites for hydroxylation is 1. The molecule has 1 aromatic rings. The normalized spacial score (nSPS) is 9.62. The van der Waals surface area contributed by atoms with Gasteiger partial charge >= 0.3 is 0 Å². The van der Waals surface area contributed by atoms with Gasteiger partial charge in [0.2, 0.25) is 0 Å². The van der Waals surface area contributed by atoms with Crippen LogP contribution in [-0.2, 0) is 0 Å². The van der Waals surface area contributed by atoms with E-state index < -0.39 is 0 Å². The Morgan fingerprint density at radius 1 is 1.54 bits per heavy atom. The summed E-state index contributed by atoms with van der Waals surface area (Å²) >= 11 is 1.70. The van der Waals surface area contributed by atoms with Crippen molar-refractivity contribution in [1.82, 2.24) is 4.98 Å². The van der Waals surface area contributed by atoms with E-state index in [0.29, 0.717) is 0 Å². The second-order valence-corrected chi connectivity index (χ2v) is 3.93. The Morgan fingerprint density at radius 3 is 2.92 bits per heavy atom. The molecular formula is C10H12N2S. The topological polar surface area (TPSA) is 36.7 Å². The van der Waals surface area contributed by atoms with Crippen molar-refractivity contribution in [2.24, 2.45) is 0 Å². The molecule has 0 N–H and O–H groups in total. The molecule has 0 aliphatic carbocycles. The van der Waals surface area contributed by atoms with Gasteiger partial charge in [-0.3, -0.25) is 4.98 Å². The molecule has 0 saturated heterocycles. The molecule has 0 aliphatic rings. The zero-order chi connectivity index (χ0) is 9.68. The lowest BCUT2D eigenvalue weighted by atomic mass is 10.2. The van der Waals surface area contributed by atoms with Crippen LogP contribution in [0.4, 0.5) is 0 Å². The second-order valence-electron chi connectivity index (χ2n) is 2.79. The summed E-state index contributed by atoms with van der Waals surface area (Å²) in [5.74, 6) is 1.04. The minimum atomic E-state index is 0.772. The summed E-state index contributed by atoms with van der Waals surface area (Å²) in [6.07, 6.45) is 4.61. The number of rotatable bonds is 3. The average molecular weight is 192 g/mol. The molecule has 13 heavy (non-hydrogen) atoms. The minimum Gasteiger partial charge on any atom is -0.263 e. The summed E-state index contributed by atoms with van der Waals surface area (Å²) in [7, 11) is 0. The first kappa shape index (κ1) is 10.1. The molecule has 0 saturated carbocycles. The van der Waals surface area contributed by atoms with Crippen LogP contribution in [0, 0.1) is 18.3 Å². The van der Waals surface area contributed by atoms with Gasteiger partial charge in [0.25, 0.3) is 0 Å². The van der Waals surface area contributed by atoms with Gasteiger partial charge in [-0.2, -0.15) is 5.26 Å². The quantitative estimate of drug-likeness (QED) is 0.691. The van der Waals surface area contributed by atoms with Gasteiger partial charge < -0.3 is 0 Å². The molecule has 0 aliphatic heterocycles. The van der Waals surface area contributed by atoms with Gasteiger partial charge in [0.1, 0.15) is 6.07 Å². The third-order valence-corrected chi connectivity index (χ3v) is 2.91. The number of thioether (sulfide) groups is 1. The van der Waals surface area contributed by atoms with Crippen molar-refractivity contribution in [2.45, 2.75) is 25.2 Å². The van der Waals surface area contributed by atoms with Crippen molar-refractivity contribution >= 4 is 11.8 Å². The Bertz CT molecular complexity index is 328. The smallest absolute Gasteiger partial charge is 0.101 e. The van der Waals surface area contributed by atoms with Crippen molar-refractivity contribution < 1.29 is 0 Å². The average Bonchev–Trinajstić information content (AvgIpc) is 2.15. The van der Waals surface area contributed by atoms with Crippen molar-refractivity contribution in [1.29, 1.82) is 5.26 Å². The van der Waals surface area contributed by atoms with E-state index in [2.05, 4.69) is 18.0 Å². The summed E-state index contributed by atoms with van der Waals surface area (Å²) in [6.45, 7) is 4.05. The third-order valence-electron chi connectivity index (χ3n) is 1.67. The third kappa shape index (κ3) is 2.46. The van der Waals surface area contributed by atoms with E-state index in [1.807, 2.05) is 6.92 Å². The number of nitrogens with zero attached hydrogens (tertiary/aromatic N) is 2. The predicted octanol–water partition coefficient (Wildman–Crippen LogP) is 2.76. The fourth-order valence-corrected chi connectivity index (χ4v) is 1.92. The zero-order valence-corrected chi connectivity index (χ0v) is 8.69. The molecule has 0 bridgehead atoms. The van der Waals surface area contributed by atoms with Crippen LogP contribution in [0.5, 0.6) is 0 Å². The molecule has 0 amide bonds. The van der Waals surface area contributed by atoms with E-state index in [9.17, 15) is 0 Å². The summed E-state index contributed by atoms with van der Waals surface area (Å²) < 4.78 is 0. The largest absolute Gasteiger partial charge is 0.263 e. The van der Waals surface area contributed by atoms with Crippen LogP contribution in [-0.4, -0.2) is 10.7 Å². The summed E-state index contributed by atoms with van der Waals surface area (Å²) in [5, 5.41) is 8.91. The van der Waals surface area contributed by atoms with E-state index >= 15 is 0 Å². The lowest BCUT2D eigenvalue weighted by Gasteiger charge is -2.03. The maximum absolute atomic E-state index is 8.91. The van der Waals surface area contributed by atoms with Gasteiger partial charge in [0, 0.05) is 17.3 Å². The maximum atomic E-state index is 8.91. The monoisotopic (exact) mass is 192 g/mol. The first-order valence-electron chi connectivity index (χ1n) is 4.27. The molecule has 1 heterocycles. The van der Waals surface area contributed by atoms with Gasteiger partial charge in [-0.25, -0.2) is 0 Å². The zero-order valence-electron chi connectivity index (χ0n) is 7.87. The standard InChI is InChI=1S/C10H12N2S/c1-3-4-13-10-7-12-6-8(2)9(10)5-11/h6-7H,3-4H2,1-2H3. The lowest BCUT2D eigenvalue weighted by Crippen LogP contribution is -1.89. The molecule has 68 valence electrons. The molecule has 3 heteroatoms. The molecule has 0 aromatic carbocycles. The maximum Gasteiger partial charge on any atom is 0.101 e. The summed E-state index contributed by atoms with van der Waals surface area (Å²) in [6, 6.07) is 2.21. The van der Waals surface area contributed by atoms with Crippen LogP contribution in [0.25, 0.3) is 0 Å². The van der Waals surface area contributed by atoms with Crippen LogP contribution in [0.3, 0.4) is 0 Å². The Balaban J connectivity index is 2.93. The number of aromatic nitrogens is 1. The van der Waals surface area contributed by atoms with Gasteiger partial charge in [-0.1, -0.05) is 6.92 Å². The molecule has 0 atom stereocenters. The second kappa shape index (κ2) is 4.88. The Hall–Kier alpha value is -1.01. The number of nitriles is 1. The predicted molar refractivity (Wildman–Crippen MR) is 54.7 cm³/mol. The van der Waals surface area contributed by atoms with E-state index in [0.717, 1.165) is 28.2 Å². The van der Waals surface area contributed by atoms with Gasteiger partial charge in [0.05, 0.1) is 5.56 Å². The number of hydrogen-bond donors (Lipinski definition) is 0. The highest BCUT2D eigenvalue weighted by atomic mass is 32.2. The van der Waals surface area contributed by atoms with Gasteiger partial charge in [0.15, 0.2) is 0 Å². The number of hydrogen-bond acceptors (Lipinski definition) is 3. The van der Waals surface area contributed by atoms with Crippen LogP contribution in [0.15, 0.2) is 17.3 Å². The molecule has 0 fully saturated rings. The summed E-state index contributed by atoms with van der Waals surface area (Å²) in [5.41, 5.74) is 1.73. The van der Waals surface area contributed by atoms with Crippen molar-refractivity contribution in [2.75, 3.05) is 5.75 Å². The van der Waals surface area contributed by atoms with Gasteiger partial charge in [-0.05, 0) is 24.7 Å². The molecular weight excluding hydrogens is 180 g/mol. The highest BCUT2D eigenvalue weighted by Crippen LogP contribution is 2.23. The van der Waals surface area contributed by atoms with Crippen LogP contribution in [0.1, 0.15) is 24.5 Å². The highest BCUT2D eigenvalue weighted by molar-refractivity contribution is 7.99. The van der Waals surface area contributed by atoms with E-state index in [-0.39, 0.29) is 0 Å². The molecule has 1 rings (SSSR count). The lowest BCUT2D eigenvalue weighted by molar-refractivity contribution is 1.10. The van der Waals surface area contributed by atoms with Crippen LogP contribution < -0.4 is 0 Å². The SMILES string of the molecule is CCCSc1cncc(C)c1C#N. The molecule has 0 unspecified atom stereocenters. The highest BCUT2D eigenvalue weighted by Gasteiger charge is 2.04. The van der Waals surface area contributed by atoms with Crippen molar-refractivity contribution in [3.63, 3.8) is 0 Å². The van der Waals surface area contributed by atoms with E-state index in [1.165, 1.54) is 0 Å². The first-order valence-corrected chi connectivity index (χ1v) is 5.25. The fourth-order valence-electron chi connectivity index (χ4n) is 1.00. The summed E-state index contributed by atoms with van der Waals surface area (Å²) in [4.78, 5) is 5.08. The van der Waals surface area contributed by atoms with Gasteiger partial charge in [-0.15, -0.1) is 11.8 Å². The molecule has 1 aromatic heterocycles. The first-order chi connectivity index (χ1) is 6.29.